The van der Waals surface area contributed by atoms with Crippen LogP contribution in [0.5, 0.6) is 0 Å². The number of rotatable bonds is 8. The van der Waals surface area contributed by atoms with Crippen LogP contribution in [0, 0.1) is 0 Å². The summed E-state index contributed by atoms with van der Waals surface area (Å²) in [5.74, 6) is 0. The third kappa shape index (κ3) is 6.56. The van der Waals surface area contributed by atoms with Crippen LogP contribution < -0.4 is 9.47 Å². The van der Waals surface area contributed by atoms with E-state index in [0.29, 0.717) is 0 Å². The predicted molar refractivity (Wildman–Crippen MR) is 114 cm³/mol. The summed E-state index contributed by atoms with van der Waals surface area (Å²) < 4.78 is 2.03. The smallest absolute Gasteiger partial charge is 0.169 e. The Morgan fingerprint density at radius 3 is 1.65 bits per heavy atom. The molecule has 1 heterocycles. The average molecular weight is 346 g/mol. The lowest BCUT2D eigenvalue weighted by atomic mass is 10.2. The van der Waals surface area contributed by atoms with E-state index in [1.54, 1.807) is 0 Å². The molecule has 2 nitrogen and oxygen atoms in total. The van der Waals surface area contributed by atoms with Gasteiger partial charge in [0.2, 0.25) is 0 Å². The first kappa shape index (κ1) is 19.5. The SMILES string of the molecule is CCN(CC)c1ccc(/C=C/C=C/C=C/C=C/c2cc[n+](C)cc2)cc1. The monoisotopic (exact) mass is 345 g/mol. The second-order valence-corrected chi connectivity index (χ2v) is 6.05. The van der Waals surface area contributed by atoms with E-state index in [0.717, 1.165) is 13.1 Å². The summed E-state index contributed by atoms with van der Waals surface area (Å²) in [6.45, 7) is 6.45. The van der Waals surface area contributed by atoms with Crippen molar-refractivity contribution in [1.29, 1.82) is 0 Å². The summed E-state index contributed by atoms with van der Waals surface area (Å²) in [5, 5.41) is 0. The first-order valence-electron chi connectivity index (χ1n) is 9.21. The van der Waals surface area contributed by atoms with Gasteiger partial charge in [-0.15, -0.1) is 0 Å². The molecule has 2 aromatic rings. The number of hydrogen-bond donors (Lipinski definition) is 0. The highest BCUT2D eigenvalue weighted by Crippen LogP contribution is 2.15. The van der Waals surface area contributed by atoms with Gasteiger partial charge in [0.05, 0.1) is 0 Å². The zero-order valence-corrected chi connectivity index (χ0v) is 16.0. The van der Waals surface area contributed by atoms with Crippen molar-refractivity contribution in [2.45, 2.75) is 13.8 Å². The molecule has 26 heavy (non-hydrogen) atoms. The van der Waals surface area contributed by atoms with Gasteiger partial charge in [-0.25, -0.2) is 4.57 Å². The molecular formula is C24H29N2+. The van der Waals surface area contributed by atoms with Crippen molar-refractivity contribution in [1.82, 2.24) is 0 Å². The fourth-order valence-corrected chi connectivity index (χ4v) is 2.60. The lowest BCUT2D eigenvalue weighted by Gasteiger charge is -2.20. The van der Waals surface area contributed by atoms with Gasteiger partial charge in [-0.2, -0.15) is 0 Å². The van der Waals surface area contributed by atoms with E-state index >= 15 is 0 Å². The summed E-state index contributed by atoms with van der Waals surface area (Å²) in [5.41, 5.74) is 3.70. The van der Waals surface area contributed by atoms with E-state index in [-0.39, 0.29) is 0 Å². The van der Waals surface area contributed by atoms with Gasteiger partial charge in [0.15, 0.2) is 12.4 Å². The van der Waals surface area contributed by atoms with Gasteiger partial charge < -0.3 is 4.90 Å². The quantitative estimate of drug-likeness (QED) is 0.471. The van der Waals surface area contributed by atoms with Crippen molar-refractivity contribution < 1.29 is 4.57 Å². The van der Waals surface area contributed by atoms with Gasteiger partial charge in [0, 0.05) is 30.9 Å². The van der Waals surface area contributed by atoms with Crippen LogP contribution >= 0.6 is 0 Å². The van der Waals surface area contributed by atoms with Crippen LogP contribution in [0.4, 0.5) is 5.69 Å². The van der Waals surface area contributed by atoms with E-state index in [4.69, 9.17) is 0 Å². The van der Waals surface area contributed by atoms with Crippen molar-refractivity contribution >= 4 is 17.8 Å². The molecule has 0 radical (unpaired) electrons. The topological polar surface area (TPSA) is 7.12 Å². The molecule has 0 unspecified atom stereocenters. The first-order chi connectivity index (χ1) is 12.7. The Bertz CT molecular complexity index is 759. The van der Waals surface area contributed by atoms with Gasteiger partial charge >= 0.3 is 0 Å². The number of nitrogens with zero attached hydrogens (tertiary/aromatic N) is 2. The van der Waals surface area contributed by atoms with Crippen LogP contribution in [-0.4, -0.2) is 13.1 Å². The molecule has 1 aromatic heterocycles. The molecule has 134 valence electrons. The number of allylic oxidation sites excluding steroid dienone is 6. The van der Waals surface area contributed by atoms with Crippen molar-refractivity contribution in [2.75, 3.05) is 18.0 Å². The van der Waals surface area contributed by atoms with E-state index in [2.05, 4.69) is 79.4 Å². The van der Waals surface area contributed by atoms with Crippen molar-refractivity contribution in [3.05, 3.63) is 96.4 Å². The third-order valence-electron chi connectivity index (χ3n) is 4.16. The Hall–Kier alpha value is -2.87. The molecule has 2 heteroatoms. The van der Waals surface area contributed by atoms with Crippen LogP contribution in [0.3, 0.4) is 0 Å². The second kappa shape index (κ2) is 10.9. The summed E-state index contributed by atoms with van der Waals surface area (Å²) in [6, 6.07) is 12.9. The van der Waals surface area contributed by atoms with Crippen LogP contribution in [0.25, 0.3) is 12.2 Å². The number of aromatic nitrogens is 1. The number of aryl methyl sites for hydroxylation is 1. The molecule has 0 saturated heterocycles. The summed E-state index contributed by atoms with van der Waals surface area (Å²) >= 11 is 0. The second-order valence-electron chi connectivity index (χ2n) is 6.05. The molecule has 0 fully saturated rings. The standard InChI is InChI=1S/C24H29N2/c1-4-26(5-2)24-16-14-22(15-17-24)12-10-8-6-7-9-11-13-23-18-20-25(3)21-19-23/h6-21H,4-5H2,1-3H3/q+1. The van der Waals surface area contributed by atoms with E-state index < -0.39 is 0 Å². The molecule has 0 atom stereocenters. The number of pyridine rings is 1. The molecule has 0 aliphatic rings. The van der Waals surface area contributed by atoms with Crippen LogP contribution in [0.15, 0.2) is 85.2 Å². The average Bonchev–Trinajstić information content (AvgIpc) is 2.67. The molecule has 0 spiro atoms. The Morgan fingerprint density at radius 2 is 1.15 bits per heavy atom. The zero-order chi connectivity index (χ0) is 18.6. The van der Waals surface area contributed by atoms with E-state index in [1.807, 2.05) is 48.3 Å². The van der Waals surface area contributed by atoms with E-state index in [1.165, 1.54) is 16.8 Å². The lowest BCUT2D eigenvalue weighted by Crippen LogP contribution is -2.25. The highest BCUT2D eigenvalue weighted by atomic mass is 15.1. The van der Waals surface area contributed by atoms with Crippen LogP contribution in [0.2, 0.25) is 0 Å². The molecule has 0 bridgehead atoms. The van der Waals surface area contributed by atoms with Crippen molar-refractivity contribution in [3.63, 3.8) is 0 Å². The molecule has 2 rings (SSSR count). The summed E-state index contributed by atoms with van der Waals surface area (Å²) in [7, 11) is 2.02. The fraction of sp³-hybridized carbons (Fsp3) is 0.208. The highest BCUT2D eigenvalue weighted by Gasteiger charge is 1.99. The molecule has 0 aliphatic carbocycles. The molecule has 0 aliphatic heterocycles. The molecule has 0 amide bonds. The van der Waals surface area contributed by atoms with Crippen LogP contribution in [-0.2, 0) is 7.05 Å². The molecule has 0 N–H and O–H groups in total. The minimum Gasteiger partial charge on any atom is -0.372 e. The van der Waals surface area contributed by atoms with Gasteiger partial charge in [0.25, 0.3) is 0 Å². The maximum absolute atomic E-state index is 2.35. The highest BCUT2D eigenvalue weighted by molar-refractivity contribution is 5.57. The number of benzene rings is 1. The zero-order valence-electron chi connectivity index (χ0n) is 16.0. The maximum Gasteiger partial charge on any atom is 0.169 e. The minimum absolute atomic E-state index is 1.04. The number of hydrogen-bond acceptors (Lipinski definition) is 1. The predicted octanol–water partition coefficient (Wildman–Crippen LogP) is 5.20. The van der Waals surface area contributed by atoms with Gasteiger partial charge in [0.1, 0.15) is 7.05 Å². The van der Waals surface area contributed by atoms with Gasteiger partial charge in [-0.1, -0.05) is 60.7 Å². The largest absolute Gasteiger partial charge is 0.372 e. The van der Waals surface area contributed by atoms with Gasteiger partial charge in [-0.3, -0.25) is 0 Å². The lowest BCUT2D eigenvalue weighted by molar-refractivity contribution is -0.671. The van der Waals surface area contributed by atoms with Crippen molar-refractivity contribution in [2.24, 2.45) is 7.05 Å². The van der Waals surface area contributed by atoms with E-state index in [9.17, 15) is 0 Å². The van der Waals surface area contributed by atoms with Crippen molar-refractivity contribution in [3.8, 4) is 0 Å². The Balaban J connectivity index is 1.81. The summed E-state index contributed by atoms with van der Waals surface area (Å²) in [6.07, 6.45) is 20.6. The molecule has 0 saturated carbocycles. The normalized spacial score (nSPS) is 12.1. The third-order valence-corrected chi connectivity index (χ3v) is 4.16. The first-order valence-corrected chi connectivity index (χ1v) is 9.21. The summed E-state index contributed by atoms with van der Waals surface area (Å²) in [4.78, 5) is 2.35. The minimum atomic E-state index is 1.04. The van der Waals surface area contributed by atoms with Crippen LogP contribution in [0.1, 0.15) is 25.0 Å². The Kier molecular flexibility index (Phi) is 8.14. The fourth-order valence-electron chi connectivity index (χ4n) is 2.60. The molecular weight excluding hydrogens is 316 g/mol. The van der Waals surface area contributed by atoms with Gasteiger partial charge in [-0.05, 0) is 37.1 Å². The Labute approximate surface area is 158 Å². The molecule has 1 aromatic carbocycles. The maximum atomic E-state index is 2.35. The Morgan fingerprint density at radius 1 is 0.692 bits per heavy atom. The number of anilines is 1.